The second-order valence-electron chi connectivity index (χ2n) is 4.62. The van der Waals surface area contributed by atoms with Crippen LogP contribution in [-0.2, 0) is 6.54 Å². The van der Waals surface area contributed by atoms with E-state index in [-0.39, 0.29) is 0 Å². The van der Waals surface area contributed by atoms with Crippen molar-refractivity contribution < 1.29 is 0 Å². The smallest absolute Gasteiger partial charge is 0.137 e. The molecule has 1 aromatic carbocycles. The highest BCUT2D eigenvalue weighted by molar-refractivity contribution is 5.59. The molecule has 0 bridgehead atoms. The van der Waals surface area contributed by atoms with Gasteiger partial charge in [-0.15, -0.1) is 0 Å². The average molecular weight is 242 g/mol. The molecular formula is C14H18N4. The van der Waals surface area contributed by atoms with E-state index in [0.717, 1.165) is 38.5 Å². The van der Waals surface area contributed by atoms with E-state index in [1.54, 1.807) is 6.20 Å². The van der Waals surface area contributed by atoms with Crippen molar-refractivity contribution in [2.24, 2.45) is 0 Å². The Morgan fingerprint density at radius 1 is 1.17 bits per heavy atom. The quantitative estimate of drug-likeness (QED) is 0.857. The Kier molecular flexibility index (Phi) is 3.39. The highest BCUT2D eigenvalue weighted by atomic mass is 15.2. The Hall–Kier alpha value is -1.65. The van der Waals surface area contributed by atoms with Crippen LogP contribution in [-0.4, -0.2) is 41.0 Å². The highest BCUT2D eigenvalue weighted by Gasteiger charge is 2.13. The van der Waals surface area contributed by atoms with Gasteiger partial charge in [0.15, 0.2) is 0 Å². The van der Waals surface area contributed by atoms with Gasteiger partial charge in [-0.05, 0) is 5.56 Å². The third-order valence-corrected chi connectivity index (χ3v) is 3.37. The predicted molar refractivity (Wildman–Crippen MR) is 72.2 cm³/mol. The molecule has 1 saturated heterocycles. The third kappa shape index (κ3) is 2.44. The molecule has 2 N–H and O–H groups in total. The summed E-state index contributed by atoms with van der Waals surface area (Å²) >= 11 is 0. The molecule has 2 heterocycles. The fourth-order valence-corrected chi connectivity index (χ4v) is 2.41. The second-order valence-corrected chi connectivity index (χ2v) is 4.62. The highest BCUT2D eigenvalue weighted by Crippen LogP contribution is 2.21. The summed E-state index contributed by atoms with van der Waals surface area (Å²) in [5.74, 6) is 0.959. The maximum absolute atomic E-state index is 4.35. The van der Waals surface area contributed by atoms with Gasteiger partial charge in [-0.25, -0.2) is 4.98 Å². The number of aromatic nitrogens is 2. The van der Waals surface area contributed by atoms with Gasteiger partial charge in [0, 0.05) is 50.7 Å². The van der Waals surface area contributed by atoms with E-state index in [1.165, 1.54) is 11.1 Å². The predicted octanol–water partition coefficient (Wildman–Crippen LogP) is 1.48. The normalized spacial score (nSPS) is 16.9. The number of aromatic amines is 1. The topological polar surface area (TPSA) is 44.0 Å². The zero-order chi connectivity index (χ0) is 12.2. The van der Waals surface area contributed by atoms with Crippen LogP contribution in [0.4, 0.5) is 0 Å². The number of hydrogen-bond donors (Lipinski definition) is 2. The summed E-state index contributed by atoms with van der Waals surface area (Å²) in [5, 5.41) is 3.38. The number of nitrogens with one attached hydrogen (secondary N) is 2. The SMILES string of the molecule is c1ccc(-c2ncc[nH]2)c(CN2CCNCC2)c1. The van der Waals surface area contributed by atoms with Crippen molar-refractivity contribution in [3.63, 3.8) is 0 Å². The number of benzene rings is 1. The minimum Gasteiger partial charge on any atom is -0.345 e. The number of imidazole rings is 1. The monoisotopic (exact) mass is 242 g/mol. The molecule has 0 radical (unpaired) electrons. The van der Waals surface area contributed by atoms with Gasteiger partial charge in [-0.1, -0.05) is 24.3 Å². The van der Waals surface area contributed by atoms with E-state index in [9.17, 15) is 0 Å². The molecule has 1 aromatic heterocycles. The largest absolute Gasteiger partial charge is 0.345 e. The standard InChI is InChI=1S/C14H18N4/c1-2-4-13(14-16-5-6-17-14)12(3-1)11-18-9-7-15-8-10-18/h1-6,15H,7-11H2,(H,16,17). The van der Waals surface area contributed by atoms with Crippen LogP contribution in [0.2, 0.25) is 0 Å². The second kappa shape index (κ2) is 5.33. The van der Waals surface area contributed by atoms with Crippen LogP contribution in [0, 0.1) is 0 Å². The van der Waals surface area contributed by atoms with E-state index in [0.29, 0.717) is 0 Å². The molecule has 0 atom stereocenters. The van der Waals surface area contributed by atoms with Crippen molar-refractivity contribution >= 4 is 0 Å². The van der Waals surface area contributed by atoms with E-state index >= 15 is 0 Å². The summed E-state index contributed by atoms with van der Waals surface area (Å²) in [6.07, 6.45) is 3.67. The van der Waals surface area contributed by atoms with Gasteiger partial charge in [0.2, 0.25) is 0 Å². The van der Waals surface area contributed by atoms with Gasteiger partial charge in [0.25, 0.3) is 0 Å². The van der Waals surface area contributed by atoms with E-state index in [2.05, 4.69) is 44.5 Å². The molecule has 1 aliphatic heterocycles. The van der Waals surface area contributed by atoms with Crippen LogP contribution in [0.25, 0.3) is 11.4 Å². The first-order valence-electron chi connectivity index (χ1n) is 6.44. The number of rotatable bonds is 3. The summed E-state index contributed by atoms with van der Waals surface area (Å²) in [7, 11) is 0. The van der Waals surface area contributed by atoms with Crippen molar-refractivity contribution in [3.8, 4) is 11.4 Å². The maximum Gasteiger partial charge on any atom is 0.137 e. The molecule has 1 aliphatic rings. The van der Waals surface area contributed by atoms with Gasteiger partial charge >= 0.3 is 0 Å². The Balaban J connectivity index is 1.83. The van der Waals surface area contributed by atoms with Crippen LogP contribution in [0.5, 0.6) is 0 Å². The molecule has 0 saturated carbocycles. The van der Waals surface area contributed by atoms with Crippen molar-refractivity contribution in [3.05, 3.63) is 42.2 Å². The molecule has 0 unspecified atom stereocenters. The number of piperazine rings is 1. The third-order valence-electron chi connectivity index (χ3n) is 3.37. The molecule has 0 spiro atoms. The lowest BCUT2D eigenvalue weighted by Gasteiger charge is -2.27. The van der Waals surface area contributed by atoms with Gasteiger partial charge in [0.05, 0.1) is 0 Å². The van der Waals surface area contributed by atoms with Crippen molar-refractivity contribution in [1.29, 1.82) is 0 Å². The van der Waals surface area contributed by atoms with Gasteiger partial charge in [-0.2, -0.15) is 0 Å². The fraction of sp³-hybridized carbons (Fsp3) is 0.357. The van der Waals surface area contributed by atoms with E-state index in [4.69, 9.17) is 0 Å². The Labute approximate surface area is 107 Å². The van der Waals surface area contributed by atoms with E-state index in [1.807, 2.05) is 6.20 Å². The maximum atomic E-state index is 4.35. The minimum atomic E-state index is 0.959. The molecule has 18 heavy (non-hydrogen) atoms. The van der Waals surface area contributed by atoms with Crippen LogP contribution in [0.3, 0.4) is 0 Å². The van der Waals surface area contributed by atoms with Crippen LogP contribution in [0.15, 0.2) is 36.7 Å². The fourth-order valence-electron chi connectivity index (χ4n) is 2.41. The van der Waals surface area contributed by atoms with Gasteiger partial charge in [-0.3, -0.25) is 4.90 Å². The van der Waals surface area contributed by atoms with Crippen LogP contribution >= 0.6 is 0 Å². The first kappa shape index (κ1) is 11.4. The number of hydrogen-bond acceptors (Lipinski definition) is 3. The number of H-pyrrole nitrogens is 1. The summed E-state index contributed by atoms with van der Waals surface area (Å²) in [6, 6.07) is 8.50. The molecule has 2 aromatic rings. The molecule has 0 aliphatic carbocycles. The molecule has 3 rings (SSSR count). The first-order chi connectivity index (χ1) is 8.93. The molecule has 4 nitrogen and oxygen atoms in total. The molecule has 0 amide bonds. The van der Waals surface area contributed by atoms with Crippen molar-refractivity contribution in [2.45, 2.75) is 6.54 Å². The molecule has 94 valence electrons. The summed E-state index contributed by atoms with van der Waals surface area (Å²) in [5.41, 5.74) is 2.55. The Bertz CT molecular complexity index is 486. The zero-order valence-corrected chi connectivity index (χ0v) is 10.4. The van der Waals surface area contributed by atoms with Crippen LogP contribution < -0.4 is 5.32 Å². The van der Waals surface area contributed by atoms with Crippen LogP contribution in [0.1, 0.15) is 5.56 Å². The van der Waals surface area contributed by atoms with Crippen molar-refractivity contribution in [1.82, 2.24) is 20.2 Å². The lowest BCUT2D eigenvalue weighted by Crippen LogP contribution is -2.42. The van der Waals surface area contributed by atoms with Crippen molar-refractivity contribution in [2.75, 3.05) is 26.2 Å². The number of nitrogens with zero attached hydrogens (tertiary/aromatic N) is 2. The Morgan fingerprint density at radius 2 is 2.00 bits per heavy atom. The zero-order valence-electron chi connectivity index (χ0n) is 10.4. The van der Waals surface area contributed by atoms with Gasteiger partial charge in [0.1, 0.15) is 5.82 Å². The minimum absolute atomic E-state index is 0.959. The first-order valence-corrected chi connectivity index (χ1v) is 6.44. The summed E-state index contributed by atoms with van der Waals surface area (Å²) < 4.78 is 0. The van der Waals surface area contributed by atoms with Gasteiger partial charge < -0.3 is 10.3 Å². The lowest BCUT2D eigenvalue weighted by atomic mass is 10.1. The average Bonchev–Trinajstić information content (AvgIpc) is 2.94. The lowest BCUT2D eigenvalue weighted by molar-refractivity contribution is 0.233. The molecular weight excluding hydrogens is 224 g/mol. The summed E-state index contributed by atoms with van der Waals surface area (Å²) in [6.45, 7) is 5.41. The van der Waals surface area contributed by atoms with E-state index < -0.39 is 0 Å². The Morgan fingerprint density at radius 3 is 2.78 bits per heavy atom. The molecule has 1 fully saturated rings. The molecule has 4 heteroatoms. The summed E-state index contributed by atoms with van der Waals surface area (Å²) in [4.78, 5) is 10.0.